The van der Waals surface area contributed by atoms with Crippen molar-refractivity contribution in [1.82, 2.24) is 4.57 Å². The van der Waals surface area contributed by atoms with Crippen molar-refractivity contribution in [2.75, 3.05) is 13.2 Å². The zero-order chi connectivity index (χ0) is 16.1. The largest absolute Gasteiger partial charge is 0.491 e. The molecule has 0 bridgehead atoms. The van der Waals surface area contributed by atoms with Crippen LogP contribution in [0.5, 0.6) is 5.75 Å². The van der Waals surface area contributed by atoms with Gasteiger partial charge in [0.05, 0.1) is 16.8 Å². The second-order valence-electron chi connectivity index (χ2n) is 5.22. The molecule has 0 aliphatic carbocycles. The molecule has 1 aromatic heterocycles. The van der Waals surface area contributed by atoms with Crippen LogP contribution in [0.15, 0.2) is 59.6 Å². The third-order valence-corrected chi connectivity index (χ3v) is 4.62. The first kappa shape index (κ1) is 15.8. The molecule has 0 amide bonds. The summed E-state index contributed by atoms with van der Waals surface area (Å²) >= 11 is 1.65. The molecule has 1 N–H and O–H groups in total. The molecule has 0 aliphatic rings. The lowest BCUT2D eigenvalue weighted by atomic mass is 10.3. The van der Waals surface area contributed by atoms with E-state index in [1.807, 2.05) is 42.5 Å². The van der Waals surface area contributed by atoms with E-state index in [1.54, 1.807) is 11.3 Å². The van der Waals surface area contributed by atoms with Crippen LogP contribution in [0, 0.1) is 0 Å². The fourth-order valence-electron chi connectivity index (χ4n) is 2.39. The van der Waals surface area contributed by atoms with Crippen LogP contribution in [0.2, 0.25) is 0 Å². The van der Waals surface area contributed by atoms with Crippen molar-refractivity contribution in [3.8, 4) is 5.75 Å². The summed E-state index contributed by atoms with van der Waals surface area (Å²) in [7, 11) is 0. The Kier molecular flexibility index (Phi) is 5.10. The number of thiazole rings is 1. The summed E-state index contributed by atoms with van der Waals surface area (Å²) < 4.78 is 8.94. The van der Waals surface area contributed by atoms with Crippen molar-refractivity contribution in [3.63, 3.8) is 0 Å². The second kappa shape index (κ2) is 7.44. The lowest BCUT2D eigenvalue weighted by Crippen LogP contribution is -2.23. The highest BCUT2D eigenvalue weighted by molar-refractivity contribution is 7.16. The van der Waals surface area contributed by atoms with Crippen LogP contribution in [-0.2, 0) is 6.54 Å². The van der Waals surface area contributed by atoms with E-state index in [2.05, 4.69) is 28.6 Å². The molecule has 23 heavy (non-hydrogen) atoms. The Hall–Kier alpha value is -2.11. The zero-order valence-corrected chi connectivity index (χ0v) is 13.9. The number of fused-ring (bicyclic) bond motifs is 1. The number of para-hydroxylation sites is 2. The average Bonchev–Trinajstić information content (AvgIpc) is 2.96. The van der Waals surface area contributed by atoms with Crippen molar-refractivity contribution in [2.45, 2.75) is 19.6 Å². The molecule has 2 aromatic carbocycles. The molecule has 1 unspecified atom stereocenters. The number of aliphatic hydroxyl groups is 1. The number of ether oxygens (including phenoxy) is 1. The van der Waals surface area contributed by atoms with Crippen molar-refractivity contribution < 1.29 is 9.84 Å². The standard InChI is InChI=1S/C18H20N2O2S/c1-2-20-16-10-6-7-11-17(16)23-18(20)19-12-14(21)13-22-15-8-4-3-5-9-15/h3-11,14,21H,2,12-13H2,1H3. The minimum Gasteiger partial charge on any atom is -0.491 e. The topological polar surface area (TPSA) is 46.8 Å². The van der Waals surface area contributed by atoms with Crippen LogP contribution < -0.4 is 9.54 Å². The molecule has 0 saturated carbocycles. The van der Waals surface area contributed by atoms with Crippen molar-refractivity contribution >= 4 is 21.6 Å². The summed E-state index contributed by atoms with van der Waals surface area (Å²) in [5.74, 6) is 0.761. The number of aromatic nitrogens is 1. The van der Waals surface area contributed by atoms with Gasteiger partial charge in [0.1, 0.15) is 18.5 Å². The maximum Gasteiger partial charge on any atom is 0.185 e. The molecular formula is C18H20N2O2S. The van der Waals surface area contributed by atoms with Gasteiger partial charge >= 0.3 is 0 Å². The van der Waals surface area contributed by atoms with E-state index in [0.717, 1.165) is 17.1 Å². The predicted octanol–water partition coefficient (Wildman–Crippen LogP) is 3.06. The summed E-state index contributed by atoms with van der Waals surface area (Å²) in [4.78, 5) is 5.52. The van der Waals surface area contributed by atoms with E-state index in [4.69, 9.17) is 4.74 Å². The third kappa shape index (κ3) is 3.81. The van der Waals surface area contributed by atoms with Crippen LogP contribution in [0.1, 0.15) is 6.92 Å². The summed E-state index contributed by atoms with van der Waals surface area (Å²) in [6.07, 6.45) is -0.620. The van der Waals surface area contributed by atoms with Crippen LogP contribution >= 0.6 is 11.3 Å². The van der Waals surface area contributed by atoms with Crippen molar-refractivity contribution in [2.24, 2.45) is 4.99 Å². The molecule has 3 rings (SSSR count). The Morgan fingerprint density at radius 1 is 1.13 bits per heavy atom. The molecule has 0 fully saturated rings. The number of nitrogens with zero attached hydrogens (tertiary/aromatic N) is 2. The maximum absolute atomic E-state index is 10.1. The van der Waals surface area contributed by atoms with Crippen molar-refractivity contribution in [1.29, 1.82) is 0 Å². The highest BCUT2D eigenvalue weighted by Crippen LogP contribution is 2.16. The molecule has 1 atom stereocenters. The summed E-state index contributed by atoms with van der Waals surface area (Å²) in [6.45, 7) is 3.54. The number of aliphatic hydroxyl groups excluding tert-OH is 1. The number of hydrogen-bond acceptors (Lipinski definition) is 4. The normalized spacial score (nSPS) is 13.4. The lowest BCUT2D eigenvalue weighted by molar-refractivity contribution is 0.114. The number of rotatable bonds is 6. The minimum atomic E-state index is -0.620. The van der Waals surface area contributed by atoms with E-state index in [-0.39, 0.29) is 6.61 Å². The average molecular weight is 328 g/mol. The fraction of sp³-hybridized carbons (Fsp3) is 0.278. The first-order chi connectivity index (χ1) is 11.3. The Bertz CT molecular complexity index is 824. The van der Waals surface area contributed by atoms with Gasteiger partial charge in [-0.15, -0.1) is 0 Å². The van der Waals surface area contributed by atoms with Gasteiger partial charge in [0.25, 0.3) is 0 Å². The molecule has 0 saturated heterocycles. The molecule has 5 heteroatoms. The van der Waals surface area contributed by atoms with Crippen LogP contribution in [-0.4, -0.2) is 28.9 Å². The maximum atomic E-state index is 10.1. The Morgan fingerprint density at radius 3 is 2.65 bits per heavy atom. The highest BCUT2D eigenvalue weighted by atomic mass is 32.1. The van der Waals surface area contributed by atoms with Gasteiger partial charge in [0, 0.05) is 6.54 Å². The monoisotopic (exact) mass is 328 g/mol. The summed E-state index contributed by atoms with van der Waals surface area (Å²) in [6, 6.07) is 17.8. The van der Waals surface area contributed by atoms with E-state index >= 15 is 0 Å². The molecule has 4 nitrogen and oxygen atoms in total. The predicted molar refractivity (Wildman–Crippen MR) is 93.9 cm³/mol. The second-order valence-corrected chi connectivity index (χ2v) is 6.22. The number of benzene rings is 2. The van der Waals surface area contributed by atoms with Gasteiger partial charge in [0.15, 0.2) is 4.80 Å². The smallest absolute Gasteiger partial charge is 0.185 e. The van der Waals surface area contributed by atoms with Crippen LogP contribution in [0.3, 0.4) is 0 Å². The molecule has 1 heterocycles. The van der Waals surface area contributed by atoms with E-state index in [0.29, 0.717) is 6.54 Å². The molecular weight excluding hydrogens is 308 g/mol. The highest BCUT2D eigenvalue weighted by Gasteiger charge is 2.07. The molecule has 0 radical (unpaired) electrons. The summed E-state index contributed by atoms with van der Waals surface area (Å²) in [5, 5.41) is 10.1. The first-order valence-corrected chi connectivity index (χ1v) is 8.54. The van der Waals surface area contributed by atoms with E-state index < -0.39 is 6.10 Å². The Labute approximate surface area is 139 Å². The molecule has 120 valence electrons. The Morgan fingerprint density at radius 2 is 1.87 bits per heavy atom. The zero-order valence-electron chi connectivity index (χ0n) is 13.1. The van der Waals surface area contributed by atoms with E-state index in [1.165, 1.54) is 10.2 Å². The lowest BCUT2D eigenvalue weighted by Gasteiger charge is -2.10. The molecule has 0 spiro atoms. The first-order valence-electron chi connectivity index (χ1n) is 7.72. The van der Waals surface area contributed by atoms with Gasteiger partial charge in [-0.3, -0.25) is 4.99 Å². The van der Waals surface area contributed by atoms with E-state index in [9.17, 15) is 5.11 Å². The minimum absolute atomic E-state index is 0.241. The van der Waals surface area contributed by atoms with Gasteiger partial charge < -0.3 is 14.4 Å². The summed E-state index contributed by atoms with van der Waals surface area (Å²) in [5.41, 5.74) is 1.19. The van der Waals surface area contributed by atoms with Gasteiger partial charge in [-0.05, 0) is 31.2 Å². The Balaban J connectivity index is 1.69. The number of hydrogen-bond donors (Lipinski definition) is 1. The van der Waals surface area contributed by atoms with Crippen LogP contribution in [0.25, 0.3) is 10.2 Å². The SMILES string of the molecule is CCn1c(=NCC(O)COc2ccccc2)sc2ccccc21. The van der Waals surface area contributed by atoms with Gasteiger partial charge in [-0.25, -0.2) is 0 Å². The van der Waals surface area contributed by atoms with Crippen LogP contribution in [0.4, 0.5) is 0 Å². The van der Waals surface area contributed by atoms with Gasteiger partial charge in [-0.2, -0.15) is 0 Å². The van der Waals surface area contributed by atoms with Gasteiger partial charge in [-0.1, -0.05) is 41.7 Å². The third-order valence-electron chi connectivity index (χ3n) is 3.53. The molecule has 0 aliphatic heterocycles. The molecule has 3 aromatic rings. The van der Waals surface area contributed by atoms with Crippen molar-refractivity contribution in [3.05, 3.63) is 59.4 Å². The van der Waals surface area contributed by atoms with Gasteiger partial charge in [0.2, 0.25) is 0 Å². The quantitative estimate of drug-likeness (QED) is 0.756. The number of aryl methyl sites for hydroxylation is 1. The fourth-order valence-corrected chi connectivity index (χ4v) is 3.49.